The SMILES string of the molecule is CN1CCC(C)(CNC(=O)CCCCBr)CC1. The van der Waals surface area contributed by atoms with Crippen molar-refractivity contribution >= 4 is 21.8 Å². The van der Waals surface area contributed by atoms with Gasteiger partial charge in [-0.05, 0) is 51.2 Å². The van der Waals surface area contributed by atoms with E-state index in [2.05, 4.69) is 40.1 Å². The maximum Gasteiger partial charge on any atom is 0.220 e. The summed E-state index contributed by atoms with van der Waals surface area (Å²) in [7, 11) is 2.17. The maximum atomic E-state index is 11.6. The number of likely N-dealkylation sites (tertiary alicyclic amines) is 1. The third-order valence-electron chi connectivity index (χ3n) is 3.69. The van der Waals surface area contributed by atoms with Crippen molar-refractivity contribution in [3.8, 4) is 0 Å². The monoisotopic (exact) mass is 304 g/mol. The molecule has 0 spiro atoms. The number of hydrogen-bond acceptors (Lipinski definition) is 2. The van der Waals surface area contributed by atoms with Crippen molar-refractivity contribution < 1.29 is 4.79 Å². The Kier molecular flexibility index (Phi) is 6.49. The van der Waals surface area contributed by atoms with Crippen molar-refractivity contribution in [2.45, 2.75) is 39.0 Å². The van der Waals surface area contributed by atoms with Crippen LogP contribution in [0.1, 0.15) is 39.0 Å². The predicted molar refractivity (Wildman–Crippen MR) is 75.5 cm³/mol. The minimum Gasteiger partial charge on any atom is -0.356 e. The smallest absolute Gasteiger partial charge is 0.220 e. The average molecular weight is 305 g/mol. The molecule has 1 rings (SSSR count). The number of rotatable bonds is 6. The zero-order chi connectivity index (χ0) is 12.7. The number of unbranched alkanes of at least 4 members (excludes halogenated alkanes) is 1. The molecular formula is C13H25BrN2O. The number of amides is 1. The van der Waals surface area contributed by atoms with Gasteiger partial charge < -0.3 is 10.2 Å². The third kappa shape index (κ3) is 5.87. The first-order valence-electron chi connectivity index (χ1n) is 6.57. The lowest BCUT2D eigenvalue weighted by atomic mass is 9.80. The van der Waals surface area contributed by atoms with Crippen LogP contribution in [-0.4, -0.2) is 42.8 Å². The number of nitrogens with one attached hydrogen (secondary N) is 1. The molecule has 1 heterocycles. The van der Waals surface area contributed by atoms with Gasteiger partial charge in [0.25, 0.3) is 0 Å². The fourth-order valence-corrected chi connectivity index (χ4v) is 2.51. The molecule has 4 heteroatoms. The van der Waals surface area contributed by atoms with Crippen LogP contribution < -0.4 is 5.32 Å². The second kappa shape index (κ2) is 7.37. The lowest BCUT2D eigenvalue weighted by Gasteiger charge is -2.37. The Morgan fingerprint density at radius 3 is 2.59 bits per heavy atom. The number of piperidine rings is 1. The van der Waals surface area contributed by atoms with Crippen molar-refractivity contribution in [3.05, 3.63) is 0 Å². The minimum atomic E-state index is 0.214. The summed E-state index contributed by atoms with van der Waals surface area (Å²) in [4.78, 5) is 14.0. The van der Waals surface area contributed by atoms with Crippen LogP contribution >= 0.6 is 15.9 Å². The standard InChI is InChI=1S/C13H25BrN2O/c1-13(6-9-16(2)10-7-13)11-15-12(17)5-3-4-8-14/h3-11H2,1-2H3,(H,15,17). The van der Waals surface area contributed by atoms with E-state index in [-0.39, 0.29) is 5.91 Å². The predicted octanol–water partition coefficient (Wildman–Crippen LogP) is 2.40. The van der Waals surface area contributed by atoms with Crippen LogP contribution in [0.2, 0.25) is 0 Å². The zero-order valence-corrected chi connectivity index (χ0v) is 12.7. The highest BCUT2D eigenvalue weighted by atomic mass is 79.9. The molecule has 0 aromatic carbocycles. The number of nitrogens with zero attached hydrogens (tertiary/aromatic N) is 1. The molecule has 0 radical (unpaired) electrons. The maximum absolute atomic E-state index is 11.6. The molecule has 1 saturated heterocycles. The van der Waals surface area contributed by atoms with Crippen molar-refractivity contribution in [2.24, 2.45) is 5.41 Å². The fraction of sp³-hybridized carbons (Fsp3) is 0.923. The summed E-state index contributed by atoms with van der Waals surface area (Å²) in [5, 5.41) is 4.08. The van der Waals surface area contributed by atoms with Gasteiger partial charge in [-0.3, -0.25) is 4.79 Å². The average Bonchev–Trinajstić information content (AvgIpc) is 2.32. The van der Waals surface area contributed by atoms with Crippen LogP contribution in [0.5, 0.6) is 0 Å². The largest absolute Gasteiger partial charge is 0.356 e. The molecule has 0 aliphatic carbocycles. The van der Waals surface area contributed by atoms with Gasteiger partial charge in [0.05, 0.1) is 0 Å². The Balaban J connectivity index is 2.18. The normalized spacial score (nSPS) is 20.2. The third-order valence-corrected chi connectivity index (χ3v) is 4.25. The summed E-state index contributed by atoms with van der Waals surface area (Å²) in [5.74, 6) is 0.214. The molecule has 0 aromatic rings. The highest BCUT2D eigenvalue weighted by molar-refractivity contribution is 9.09. The number of halogens is 1. The molecule has 100 valence electrons. The zero-order valence-electron chi connectivity index (χ0n) is 11.1. The molecule has 1 amide bonds. The van der Waals surface area contributed by atoms with E-state index in [0.29, 0.717) is 11.8 Å². The van der Waals surface area contributed by atoms with Gasteiger partial charge in [0.1, 0.15) is 0 Å². The van der Waals surface area contributed by atoms with Crippen molar-refractivity contribution in [3.63, 3.8) is 0 Å². The van der Waals surface area contributed by atoms with E-state index >= 15 is 0 Å². The van der Waals surface area contributed by atoms with Gasteiger partial charge in [-0.1, -0.05) is 22.9 Å². The molecule has 17 heavy (non-hydrogen) atoms. The first kappa shape index (κ1) is 15.0. The topological polar surface area (TPSA) is 32.3 Å². The summed E-state index contributed by atoms with van der Waals surface area (Å²) in [6, 6.07) is 0. The molecule has 0 saturated carbocycles. The lowest BCUT2D eigenvalue weighted by Crippen LogP contribution is -2.43. The van der Waals surface area contributed by atoms with Crippen LogP contribution in [0.25, 0.3) is 0 Å². The van der Waals surface area contributed by atoms with Gasteiger partial charge in [0.15, 0.2) is 0 Å². The van der Waals surface area contributed by atoms with Crippen molar-refractivity contribution in [1.82, 2.24) is 10.2 Å². The molecule has 1 N–H and O–H groups in total. The van der Waals surface area contributed by atoms with E-state index in [1.54, 1.807) is 0 Å². The van der Waals surface area contributed by atoms with E-state index < -0.39 is 0 Å². The van der Waals surface area contributed by atoms with Gasteiger partial charge >= 0.3 is 0 Å². The summed E-state index contributed by atoms with van der Waals surface area (Å²) in [5.41, 5.74) is 0.303. The Labute approximate surface area is 113 Å². The Morgan fingerprint density at radius 1 is 1.35 bits per heavy atom. The highest BCUT2D eigenvalue weighted by Crippen LogP contribution is 2.29. The summed E-state index contributed by atoms with van der Waals surface area (Å²) in [6.45, 7) is 5.43. The molecule has 0 atom stereocenters. The number of carbonyl (C=O) groups excluding carboxylic acids is 1. The Hall–Kier alpha value is -0.0900. The first-order chi connectivity index (χ1) is 8.06. The van der Waals surface area contributed by atoms with Crippen molar-refractivity contribution in [1.29, 1.82) is 0 Å². The molecule has 1 aliphatic heterocycles. The minimum absolute atomic E-state index is 0.214. The van der Waals surface area contributed by atoms with Crippen LogP contribution in [-0.2, 0) is 4.79 Å². The van der Waals surface area contributed by atoms with Crippen LogP contribution in [0.3, 0.4) is 0 Å². The second-order valence-corrected chi connectivity index (χ2v) is 6.33. The van der Waals surface area contributed by atoms with Gasteiger partial charge in [-0.15, -0.1) is 0 Å². The molecule has 3 nitrogen and oxygen atoms in total. The van der Waals surface area contributed by atoms with E-state index in [1.807, 2.05) is 0 Å². The van der Waals surface area contributed by atoms with Crippen LogP contribution in [0, 0.1) is 5.41 Å². The van der Waals surface area contributed by atoms with E-state index in [9.17, 15) is 4.79 Å². The Bertz CT molecular complexity index is 238. The van der Waals surface area contributed by atoms with Gasteiger partial charge in [-0.2, -0.15) is 0 Å². The quantitative estimate of drug-likeness (QED) is 0.604. The highest BCUT2D eigenvalue weighted by Gasteiger charge is 2.28. The van der Waals surface area contributed by atoms with E-state index in [4.69, 9.17) is 0 Å². The number of alkyl halides is 1. The molecule has 1 aliphatic rings. The Morgan fingerprint density at radius 2 is 2.00 bits per heavy atom. The van der Waals surface area contributed by atoms with Crippen LogP contribution in [0.15, 0.2) is 0 Å². The van der Waals surface area contributed by atoms with Gasteiger partial charge in [0, 0.05) is 18.3 Å². The lowest BCUT2D eigenvalue weighted by molar-refractivity contribution is -0.121. The van der Waals surface area contributed by atoms with Crippen LogP contribution in [0.4, 0.5) is 0 Å². The van der Waals surface area contributed by atoms with E-state index in [1.165, 1.54) is 12.8 Å². The second-order valence-electron chi connectivity index (χ2n) is 5.54. The summed E-state index contributed by atoms with van der Waals surface area (Å²) in [6.07, 6.45) is 5.10. The molecule has 0 bridgehead atoms. The molecule has 0 unspecified atom stereocenters. The number of hydrogen-bond donors (Lipinski definition) is 1. The molecular weight excluding hydrogens is 280 g/mol. The molecule has 1 fully saturated rings. The van der Waals surface area contributed by atoms with Gasteiger partial charge in [-0.25, -0.2) is 0 Å². The van der Waals surface area contributed by atoms with E-state index in [0.717, 1.165) is 37.8 Å². The number of carbonyl (C=O) groups is 1. The fourth-order valence-electron chi connectivity index (χ4n) is 2.12. The first-order valence-corrected chi connectivity index (χ1v) is 7.69. The van der Waals surface area contributed by atoms with Gasteiger partial charge in [0.2, 0.25) is 5.91 Å². The van der Waals surface area contributed by atoms with Crippen molar-refractivity contribution in [2.75, 3.05) is 32.0 Å². The summed E-state index contributed by atoms with van der Waals surface area (Å²) < 4.78 is 0. The molecule has 0 aromatic heterocycles. The summed E-state index contributed by atoms with van der Waals surface area (Å²) >= 11 is 3.38.